The van der Waals surface area contributed by atoms with Crippen LogP contribution in [-0.2, 0) is 9.53 Å². The monoisotopic (exact) mass is 259 g/mol. The highest BCUT2D eigenvalue weighted by molar-refractivity contribution is 5.69. The molecule has 0 aliphatic rings. The number of rotatable bonds is 11. The van der Waals surface area contributed by atoms with Crippen molar-refractivity contribution >= 4 is 12.1 Å². The maximum Gasteiger partial charge on any atom is 0.404 e. The van der Waals surface area contributed by atoms with Gasteiger partial charge in [0.2, 0.25) is 0 Å². The summed E-state index contributed by atoms with van der Waals surface area (Å²) in [7, 11) is 0. The molecular formula is C13H25NO4. The fourth-order valence-corrected chi connectivity index (χ4v) is 1.55. The second kappa shape index (κ2) is 12.2. The lowest BCUT2D eigenvalue weighted by atomic mass is 10.1. The van der Waals surface area contributed by atoms with E-state index in [-0.39, 0.29) is 5.97 Å². The summed E-state index contributed by atoms with van der Waals surface area (Å²) in [6, 6.07) is 0. The van der Waals surface area contributed by atoms with Crippen LogP contribution in [0.25, 0.3) is 0 Å². The lowest BCUT2D eigenvalue weighted by Crippen LogP contribution is -2.21. The van der Waals surface area contributed by atoms with E-state index in [9.17, 15) is 9.59 Å². The van der Waals surface area contributed by atoms with Gasteiger partial charge in [-0.05, 0) is 19.3 Å². The zero-order valence-corrected chi connectivity index (χ0v) is 11.2. The summed E-state index contributed by atoms with van der Waals surface area (Å²) >= 11 is 0. The molecule has 0 unspecified atom stereocenters. The molecule has 5 heteroatoms. The molecule has 1 amide bonds. The van der Waals surface area contributed by atoms with Crippen molar-refractivity contribution in [3.63, 3.8) is 0 Å². The van der Waals surface area contributed by atoms with Crippen molar-refractivity contribution in [3.8, 4) is 0 Å². The van der Waals surface area contributed by atoms with E-state index in [4.69, 9.17) is 9.84 Å². The Morgan fingerprint density at radius 1 is 1.06 bits per heavy atom. The highest BCUT2D eigenvalue weighted by atomic mass is 16.5. The van der Waals surface area contributed by atoms with E-state index in [1.807, 2.05) is 0 Å². The van der Waals surface area contributed by atoms with Crippen molar-refractivity contribution in [1.82, 2.24) is 5.32 Å². The van der Waals surface area contributed by atoms with Gasteiger partial charge in [-0.3, -0.25) is 4.79 Å². The summed E-state index contributed by atoms with van der Waals surface area (Å²) in [6.45, 7) is 3.13. The molecule has 0 aromatic heterocycles. The second-order valence-electron chi connectivity index (χ2n) is 4.32. The summed E-state index contributed by atoms with van der Waals surface area (Å²) in [5, 5.41) is 10.6. The van der Waals surface area contributed by atoms with Crippen LogP contribution >= 0.6 is 0 Å². The first-order valence-electron chi connectivity index (χ1n) is 6.79. The van der Waals surface area contributed by atoms with Crippen molar-refractivity contribution in [1.29, 1.82) is 0 Å². The molecule has 0 saturated carbocycles. The number of hydrogen-bond donors (Lipinski definition) is 2. The zero-order chi connectivity index (χ0) is 13.6. The maximum absolute atomic E-state index is 11.3. The number of esters is 1. The Labute approximate surface area is 109 Å². The number of carbonyl (C=O) groups excluding carboxylic acids is 1. The van der Waals surface area contributed by atoms with Crippen molar-refractivity contribution in [2.45, 2.75) is 58.3 Å². The largest absolute Gasteiger partial charge is 0.466 e. The Morgan fingerprint density at radius 3 is 2.44 bits per heavy atom. The molecule has 0 bridgehead atoms. The fourth-order valence-electron chi connectivity index (χ4n) is 1.55. The number of amides is 1. The van der Waals surface area contributed by atoms with E-state index >= 15 is 0 Å². The van der Waals surface area contributed by atoms with E-state index in [0.717, 1.165) is 44.9 Å². The minimum atomic E-state index is -0.981. The molecule has 0 aliphatic carbocycles. The first kappa shape index (κ1) is 16.7. The van der Waals surface area contributed by atoms with Crippen molar-refractivity contribution in [2.24, 2.45) is 0 Å². The van der Waals surface area contributed by atoms with E-state index in [1.54, 1.807) is 0 Å². The summed E-state index contributed by atoms with van der Waals surface area (Å²) in [4.78, 5) is 21.4. The molecule has 0 aliphatic heterocycles. The van der Waals surface area contributed by atoms with Crippen LogP contribution in [0.5, 0.6) is 0 Å². The van der Waals surface area contributed by atoms with Crippen LogP contribution in [0.1, 0.15) is 58.3 Å². The third kappa shape index (κ3) is 12.8. The number of nitrogens with one attached hydrogen (secondary N) is 1. The van der Waals surface area contributed by atoms with Crippen molar-refractivity contribution in [3.05, 3.63) is 0 Å². The van der Waals surface area contributed by atoms with Crippen LogP contribution in [0.4, 0.5) is 4.79 Å². The van der Waals surface area contributed by atoms with Crippen LogP contribution in [0, 0.1) is 0 Å². The van der Waals surface area contributed by atoms with Crippen LogP contribution in [0.15, 0.2) is 0 Å². The van der Waals surface area contributed by atoms with Gasteiger partial charge in [0.1, 0.15) is 0 Å². The quantitative estimate of drug-likeness (QED) is 0.442. The third-order valence-electron chi connectivity index (χ3n) is 2.59. The van der Waals surface area contributed by atoms with Gasteiger partial charge in [0, 0.05) is 13.0 Å². The van der Waals surface area contributed by atoms with E-state index in [1.165, 1.54) is 0 Å². The lowest BCUT2D eigenvalue weighted by Gasteiger charge is -2.04. The average Bonchev–Trinajstić information content (AvgIpc) is 2.33. The molecule has 0 fully saturated rings. The smallest absolute Gasteiger partial charge is 0.404 e. The van der Waals surface area contributed by atoms with Gasteiger partial charge in [-0.25, -0.2) is 4.79 Å². The summed E-state index contributed by atoms with van der Waals surface area (Å²) in [6.07, 6.45) is 6.17. The van der Waals surface area contributed by atoms with Gasteiger partial charge in [-0.2, -0.15) is 0 Å². The SMILES string of the molecule is CCCCCOC(=O)CCCCCCNC(=O)O. The lowest BCUT2D eigenvalue weighted by molar-refractivity contribution is -0.143. The Balaban J connectivity index is 3.17. The molecule has 2 N–H and O–H groups in total. The Hall–Kier alpha value is -1.26. The van der Waals surface area contributed by atoms with Crippen molar-refractivity contribution in [2.75, 3.05) is 13.2 Å². The van der Waals surface area contributed by atoms with Crippen LogP contribution in [0.2, 0.25) is 0 Å². The molecule has 0 rings (SSSR count). The highest BCUT2D eigenvalue weighted by Crippen LogP contribution is 2.04. The van der Waals surface area contributed by atoms with E-state index in [2.05, 4.69) is 12.2 Å². The predicted octanol–water partition coefficient (Wildman–Crippen LogP) is 2.94. The van der Waals surface area contributed by atoms with Gasteiger partial charge in [0.15, 0.2) is 0 Å². The minimum Gasteiger partial charge on any atom is -0.466 e. The molecule has 0 aromatic carbocycles. The number of unbranched alkanes of at least 4 members (excludes halogenated alkanes) is 5. The molecule has 0 saturated heterocycles. The molecule has 106 valence electrons. The summed E-state index contributed by atoms with van der Waals surface area (Å²) in [5.41, 5.74) is 0. The van der Waals surface area contributed by atoms with Gasteiger partial charge in [0.25, 0.3) is 0 Å². The molecule has 0 heterocycles. The highest BCUT2D eigenvalue weighted by Gasteiger charge is 2.02. The predicted molar refractivity (Wildman–Crippen MR) is 69.6 cm³/mol. The number of hydrogen-bond acceptors (Lipinski definition) is 3. The number of ether oxygens (including phenoxy) is 1. The normalized spacial score (nSPS) is 10.1. The van der Waals surface area contributed by atoms with Gasteiger partial charge in [0.05, 0.1) is 6.61 Å². The Kier molecular flexibility index (Phi) is 11.3. The first-order chi connectivity index (χ1) is 8.66. The summed E-state index contributed by atoms with van der Waals surface area (Å²) < 4.78 is 5.07. The second-order valence-corrected chi connectivity index (χ2v) is 4.32. The molecule has 18 heavy (non-hydrogen) atoms. The maximum atomic E-state index is 11.3. The van der Waals surface area contributed by atoms with Gasteiger partial charge >= 0.3 is 12.1 Å². The molecule has 0 atom stereocenters. The number of carbonyl (C=O) groups is 2. The minimum absolute atomic E-state index is 0.116. The molecule has 5 nitrogen and oxygen atoms in total. The molecule has 0 spiro atoms. The van der Waals surface area contributed by atoms with Gasteiger partial charge in [-0.15, -0.1) is 0 Å². The van der Waals surface area contributed by atoms with Gasteiger partial charge in [-0.1, -0.05) is 32.6 Å². The molecule has 0 aromatic rings. The Morgan fingerprint density at radius 2 is 1.78 bits per heavy atom. The fraction of sp³-hybridized carbons (Fsp3) is 0.846. The average molecular weight is 259 g/mol. The molecular weight excluding hydrogens is 234 g/mol. The van der Waals surface area contributed by atoms with E-state index < -0.39 is 6.09 Å². The first-order valence-corrected chi connectivity index (χ1v) is 6.79. The van der Waals surface area contributed by atoms with Crippen LogP contribution < -0.4 is 5.32 Å². The molecule has 0 radical (unpaired) electrons. The Bertz CT molecular complexity index is 231. The topological polar surface area (TPSA) is 75.6 Å². The van der Waals surface area contributed by atoms with Crippen molar-refractivity contribution < 1.29 is 19.4 Å². The van der Waals surface area contributed by atoms with Gasteiger partial charge < -0.3 is 15.2 Å². The standard InChI is InChI=1S/C13H25NO4/c1-2-3-8-11-18-12(15)9-6-4-5-7-10-14-13(16)17/h14H,2-11H2,1H3,(H,16,17). The summed E-state index contributed by atoms with van der Waals surface area (Å²) in [5.74, 6) is -0.116. The van der Waals surface area contributed by atoms with Crippen LogP contribution in [-0.4, -0.2) is 30.3 Å². The zero-order valence-electron chi connectivity index (χ0n) is 11.2. The number of carboxylic acid groups (broad SMARTS) is 1. The van der Waals surface area contributed by atoms with Crippen LogP contribution in [0.3, 0.4) is 0 Å². The van der Waals surface area contributed by atoms with E-state index in [0.29, 0.717) is 19.6 Å². The third-order valence-corrected chi connectivity index (χ3v) is 2.59.